The summed E-state index contributed by atoms with van der Waals surface area (Å²) in [5, 5.41) is 2.92. The molecule has 2 aromatic rings. The van der Waals surface area contributed by atoms with Gasteiger partial charge in [-0.3, -0.25) is 9.59 Å². The third-order valence-electron chi connectivity index (χ3n) is 4.98. The Kier molecular flexibility index (Phi) is 5.55. The van der Waals surface area contributed by atoms with E-state index in [2.05, 4.69) is 5.32 Å². The van der Waals surface area contributed by atoms with Crippen LogP contribution in [0.15, 0.2) is 42.5 Å². The third-order valence-corrected chi connectivity index (χ3v) is 4.98. The number of nitrogens with zero attached hydrogens (tertiary/aromatic N) is 1. The molecule has 2 aliphatic heterocycles. The van der Waals surface area contributed by atoms with Crippen LogP contribution in [0.3, 0.4) is 0 Å². The van der Waals surface area contributed by atoms with Crippen LogP contribution >= 0.6 is 0 Å². The number of rotatable bonds is 6. The largest absolute Gasteiger partial charge is 0.486 e. The van der Waals surface area contributed by atoms with Gasteiger partial charge in [-0.2, -0.15) is 0 Å². The van der Waals surface area contributed by atoms with E-state index in [0.29, 0.717) is 44.2 Å². The summed E-state index contributed by atoms with van der Waals surface area (Å²) in [5.74, 6) is 1.95. The van der Waals surface area contributed by atoms with Crippen molar-refractivity contribution in [3.8, 4) is 17.2 Å². The minimum absolute atomic E-state index is 0.0908. The van der Waals surface area contributed by atoms with Crippen molar-refractivity contribution in [2.75, 3.05) is 31.2 Å². The summed E-state index contributed by atoms with van der Waals surface area (Å²) in [5.41, 5.74) is 1.78. The van der Waals surface area contributed by atoms with Gasteiger partial charge in [-0.25, -0.2) is 0 Å². The predicted molar refractivity (Wildman–Crippen MR) is 108 cm³/mol. The number of para-hydroxylation sites is 2. The number of amides is 2. The van der Waals surface area contributed by atoms with Crippen molar-refractivity contribution < 1.29 is 23.8 Å². The number of nitrogens with one attached hydrogen (secondary N) is 1. The topological polar surface area (TPSA) is 77.1 Å². The molecule has 1 unspecified atom stereocenters. The Bertz CT molecular complexity index is 914. The lowest BCUT2D eigenvalue weighted by Crippen LogP contribution is -2.45. The van der Waals surface area contributed by atoms with Gasteiger partial charge in [0.15, 0.2) is 17.6 Å². The maximum atomic E-state index is 12.5. The molecule has 1 atom stereocenters. The van der Waals surface area contributed by atoms with E-state index in [1.165, 1.54) is 0 Å². The van der Waals surface area contributed by atoms with Crippen molar-refractivity contribution >= 4 is 17.5 Å². The number of benzene rings is 2. The summed E-state index contributed by atoms with van der Waals surface area (Å²) in [7, 11) is 0. The fourth-order valence-electron chi connectivity index (χ4n) is 3.48. The monoisotopic (exact) mass is 396 g/mol. The first-order valence-electron chi connectivity index (χ1n) is 9.84. The first-order chi connectivity index (χ1) is 14.1. The molecule has 0 radical (unpaired) electrons. The lowest BCUT2D eigenvalue weighted by molar-refractivity contribution is -0.125. The molecule has 0 aliphatic carbocycles. The van der Waals surface area contributed by atoms with E-state index in [4.69, 9.17) is 14.2 Å². The predicted octanol–water partition coefficient (Wildman–Crippen LogP) is 2.32. The fraction of sp³-hybridized carbons (Fsp3) is 0.364. The number of carbonyl (C=O) groups excluding carboxylic acids is 2. The van der Waals surface area contributed by atoms with Crippen LogP contribution < -0.4 is 24.4 Å². The van der Waals surface area contributed by atoms with Gasteiger partial charge in [0.2, 0.25) is 5.91 Å². The average molecular weight is 396 g/mol. The number of fused-ring (bicyclic) bond motifs is 2. The van der Waals surface area contributed by atoms with E-state index >= 15 is 0 Å². The summed E-state index contributed by atoms with van der Waals surface area (Å²) in [6, 6.07) is 13.2. The second kappa shape index (κ2) is 8.43. The summed E-state index contributed by atoms with van der Waals surface area (Å²) < 4.78 is 16.7. The van der Waals surface area contributed by atoms with Gasteiger partial charge in [0.1, 0.15) is 19.0 Å². The van der Waals surface area contributed by atoms with E-state index < -0.39 is 6.10 Å². The Morgan fingerprint density at radius 2 is 1.90 bits per heavy atom. The van der Waals surface area contributed by atoms with Crippen LogP contribution in [0.1, 0.15) is 18.9 Å². The minimum Gasteiger partial charge on any atom is -0.486 e. The average Bonchev–Trinajstić information content (AvgIpc) is 2.74. The standard InChI is InChI=1S/C22H24N2O5/c1-15-22(26)24(17-4-2-3-5-18(17)29-15)11-9-21(25)23-10-8-16-6-7-19-20(14-16)28-13-12-27-19/h2-7,14-15H,8-13H2,1H3,(H,23,25). The van der Waals surface area contributed by atoms with Gasteiger partial charge >= 0.3 is 0 Å². The Hall–Kier alpha value is -3.22. The van der Waals surface area contributed by atoms with Gasteiger partial charge in [-0.15, -0.1) is 0 Å². The Morgan fingerprint density at radius 1 is 1.10 bits per heavy atom. The molecule has 2 aromatic carbocycles. The highest BCUT2D eigenvalue weighted by Gasteiger charge is 2.31. The normalized spacial score (nSPS) is 17.3. The van der Waals surface area contributed by atoms with Gasteiger partial charge in [-0.1, -0.05) is 18.2 Å². The zero-order chi connectivity index (χ0) is 20.2. The van der Waals surface area contributed by atoms with Crippen LogP contribution in [-0.2, 0) is 16.0 Å². The van der Waals surface area contributed by atoms with Gasteiger partial charge in [0, 0.05) is 19.5 Å². The number of anilines is 1. The maximum absolute atomic E-state index is 12.5. The molecule has 7 heteroatoms. The molecule has 7 nitrogen and oxygen atoms in total. The number of hydrogen-bond donors (Lipinski definition) is 1. The Morgan fingerprint density at radius 3 is 2.76 bits per heavy atom. The zero-order valence-electron chi connectivity index (χ0n) is 16.3. The first kappa shape index (κ1) is 19.1. The smallest absolute Gasteiger partial charge is 0.267 e. The van der Waals surface area contributed by atoms with Gasteiger partial charge in [-0.05, 0) is 43.2 Å². The van der Waals surface area contributed by atoms with Crippen LogP contribution in [0.25, 0.3) is 0 Å². The Balaban J connectivity index is 1.28. The Labute approximate surface area is 169 Å². The van der Waals surface area contributed by atoms with Gasteiger partial charge in [0.25, 0.3) is 5.91 Å². The molecule has 1 N–H and O–H groups in total. The van der Waals surface area contributed by atoms with Crippen LogP contribution in [0.2, 0.25) is 0 Å². The quantitative estimate of drug-likeness (QED) is 0.811. The third kappa shape index (κ3) is 4.29. The summed E-state index contributed by atoms with van der Waals surface area (Å²) in [4.78, 5) is 26.4. The molecular weight excluding hydrogens is 372 g/mol. The maximum Gasteiger partial charge on any atom is 0.267 e. The van der Waals surface area contributed by atoms with Crippen LogP contribution in [-0.4, -0.2) is 44.2 Å². The van der Waals surface area contributed by atoms with Crippen LogP contribution in [0.4, 0.5) is 5.69 Å². The van der Waals surface area contributed by atoms with Crippen LogP contribution in [0.5, 0.6) is 17.2 Å². The van der Waals surface area contributed by atoms with E-state index in [1.807, 2.05) is 42.5 Å². The molecule has 2 heterocycles. The van der Waals surface area contributed by atoms with Crippen molar-refractivity contribution in [2.24, 2.45) is 0 Å². The molecule has 0 bridgehead atoms. The molecule has 0 aromatic heterocycles. The molecule has 0 saturated carbocycles. The highest BCUT2D eigenvalue weighted by molar-refractivity contribution is 6.00. The molecule has 29 heavy (non-hydrogen) atoms. The summed E-state index contributed by atoms with van der Waals surface area (Å²) >= 11 is 0. The van der Waals surface area contributed by atoms with Crippen molar-refractivity contribution in [3.05, 3.63) is 48.0 Å². The van der Waals surface area contributed by atoms with Crippen molar-refractivity contribution in [3.63, 3.8) is 0 Å². The molecule has 2 aliphatic rings. The van der Waals surface area contributed by atoms with Gasteiger partial charge < -0.3 is 24.4 Å². The van der Waals surface area contributed by atoms with E-state index in [-0.39, 0.29) is 18.2 Å². The highest BCUT2D eigenvalue weighted by atomic mass is 16.6. The zero-order valence-corrected chi connectivity index (χ0v) is 16.3. The molecule has 0 spiro atoms. The SMILES string of the molecule is CC1Oc2ccccc2N(CCC(=O)NCCc2ccc3c(c2)OCCO3)C1=O. The second-order valence-electron chi connectivity index (χ2n) is 7.05. The van der Waals surface area contributed by atoms with Crippen LogP contribution in [0, 0.1) is 0 Å². The van der Waals surface area contributed by atoms with Crippen molar-refractivity contribution in [1.29, 1.82) is 0 Å². The van der Waals surface area contributed by atoms with E-state index in [0.717, 1.165) is 17.1 Å². The first-order valence-corrected chi connectivity index (χ1v) is 9.84. The molecule has 152 valence electrons. The lowest BCUT2D eigenvalue weighted by Gasteiger charge is -2.32. The molecule has 2 amide bonds. The molecule has 0 fully saturated rings. The van der Waals surface area contributed by atoms with Crippen molar-refractivity contribution in [2.45, 2.75) is 25.9 Å². The summed E-state index contributed by atoms with van der Waals surface area (Å²) in [6.07, 6.45) is 0.371. The number of carbonyl (C=O) groups is 2. The molecule has 4 rings (SSSR count). The second-order valence-corrected chi connectivity index (χ2v) is 7.05. The highest BCUT2D eigenvalue weighted by Crippen LogP contribution is 2.33. The molecular formula is C22H24N2O5. The van der Waals surface area contributed by atoms with E-state index in [1.54, 1.807) is 11.8 Å². The number of hydrogen-bond acceptors (Lipinski definition) is 5. The minimum atomic E-state index is -0.553. The molecule has 0 saturated heterocycles. The summed E-state index contributed by atoms with van der Waals surface area (Å²) in [6.45, 7) is 3.67. The van der Waals surface area contributed by atoms with Gasteiger partial charge in [0.05, 0.1) is 5.69 Å². The fourth-order valence-corrected chi connectivity index (χ4v) is 3.48. The lowest BCUT2D eigenvalue weighted by atomic mass is 10.1. The van der Waals surface area contributed by atoms with E-state index in [9.17, 15) is 9.59 Å². The van der Waals surface area contributed by atoms with Crippen molar-refractivity contribution in [1.82, 2.24) is 5.32 Å². The number of ether oxygens (including phenoxy) is 3.